The maximum atomic E-state index is 5.95. The zero-order valence-corrected chi connectivity index (χ0v) is 12.4. The summed E-state index contributed by atoms with van der Waals surface area (Å²) in [6.45, 7) is 7.45. The van der Waals surface area contributed by atoms with Gasteiger partial charge in [0.05, 0.1) is 0 Å². The normalized spacial score (nSPS) is 10.8. The molecule has 1 aromatic heterocycles. The van der Waals surface area contributed by atoms with E-state index in [4.69, 9.17) is 5.73 Å². The Hall–Kier alpha value is -2.10. The predicted octanol–water partition coefficient (Wildman–Crippen LogP) is 3.35. The van der Waals surface area contributed by atoms with Gasteiger partial charge in [-0.25, -0.2) is 9.97 Å². The Balaban J connectivity index is 2.43. The van der Waals surface area contributed by atoms with Gasteiger partial charge in [0, 0.05) is 24.2 Å². The highest BCUT2D eigenvalue weighted by Crippen LogP contribution is 2.22. The molecule has 1 aromatic carbocycles. The Bertz CT molecular complexity index is 552. The molecule has 0 aliphatic rings. The van der Waals surface area contributed by atoms with E-state index in [-0.39, 0.29) is 0 Å². The molecule has 0 bridgehead atoms. The van der Waals surface area contributed by atoms with Crippen molar-refractivity contribution in [3.05, 3.63) is 36.4 Å². The van der Waals surface area contributed by atoms with Crippen molar-refractivity contribution >= 4 is 11.6 Å². The molecule has 20 heavy (non-hydrogen) atoms. The molecule has 0 atom stereocenters. The third-order valence-corrected chi connectivity index (χ3v) is 3.15. The van der Waals surface area contributed by atoms with Gasteiger partial charge in [0.15, 0.2) is 5.82 Å². The topological polar surface area (TPSA) is 55.0 Å². The molecule has 4 heteroatoms. The van der Waals surface area contributed by atoms with E-state index < -0.39 is 0 Å². The first-order chi connectivity index (χ1) is 9.61. The van der Waals surface area contributed by atoms with Crippen LogP contribution in [-0.2, 0) is 0 Å². The van der Waals surface area contributed by atoms with Gasteiger partial charge < -0.3 is 10.6 Å². The van der Waals surface area contributed by atoms with Gasteiger partial charge in [0.2, 0.25) is 0 Å². The van der Waals surface area contributed by atoms with E-state index >= 15 is 0 Å². The van der Waals surface area contributed by atoms with Gasteiger partial charge in [-0.2, -0.15) is 0 Å². The maximum Gasteiger partial charge on any atom is 0.163 e. The summed E-state index contributed by atoms with van der Waals surface area (Å²) in [6, 6.07) is 12.2. The molecule has 0 amide bonds. The van der Waals surface area contributed by atoms with Crippen LogP contribution in [0.1, 0.15) is 27.2 Å². The number of hydrogen-bond acceptors (Lipinski definition) is 4. The lowest BCUT2D eigenvalue weighted by Crippen LogP contribution is -2.32. The first-order valence-corrected chi connectivity index (χ1v) is 7.08. The van der Waals surface area contributed by atoms with Crippen molar-refractivity contribution in [3.63, 3.8) is 0 Å². The van der Waals surface area contributed by atoms with Crippen LogP contribution in [0.15, 0.2) is 36.4 Å². The van der Waals surface area contributed by atoms with Crippen molar-refractivity contribution in [1.29, 1.82) is 0 Å². The molecule has 4 nitrogen and oxygen atoms in total. The summed E-state index contributed by atoms with van der Waals surface area (Å²) in [5.74, 6) is 2.09. The van der Waals surface area contributed by atoms with E-state index in [1.165, 1.54) is 0 Å². The predicted molar refractivity (Wildman–Crippen MR) is 84.7 cm³/mol. The minimum atomic E-state index is 0.382. The van der Waals surface area contributed by atoms with E-state index in [2.05, 4.69) is 35.6 Å². The van der Waals surface area contributed by atoms with E-state index in [1.807, 2.05) is 36.4 Å². The molecule has 0 fully saturated rings. The standard InChI is InChI=1S/C16H22N4/c1-4-10-20(12(2)3)15-11-14(17)18-16(19-15)13-8-6-5-7-9-13/h5-9,11-12H,4,10H2,1-3H3,(H2,17,18,19). The third-order valence-electron chi connectivity index (χ3n) is 3.15. The van der Waals surface area contributed by atoms with Gasteiger partial charge in [-0.3, -0.25) is 0 Å². The van der Waals surface area contributed by atoms with Crippen LogP contribution in [0.4, 0.5) is 11.6 Å². The summed E-state index contributed by atoms with van der Waals surface area (Å²) < 4.78 is 0. The Morgan fingerprint density at radius 3 is 2.45 bits per heavy atom. The molecule has 2 N–H and O–H groups in total. The van der Waals surface area contributed by atoms with Crippen LogP contribution in [0.25, 0.3) is 11.4 Å². The van der Waals surface area contributed by atoms with Crippen molar-refractivity contribution in [1.82, 2.24) is 9.97 Å². The van der Waals surface area contributed by atoms with Crippen molar-refractivity contribution < 1.29 is 0 Å². The van der Waals surface area contributed by atoms with Crippen molar-refractivity contribution in [2.75, 3.05) is 17.2 Å². The van der Waals surface area contributed by atoms with Crippen LogP contribution in [0.3, 0.4) is 0 Å². The molecule has 0 saturated heterocycles. The number of aromatic nitrogens is 2. The second-order valence-corrected chi connectivity index (χ2v) is 5.13. The molecule has 2 aromatic rings. The zero-order chi connectivity index (χ0) is 14.5. The summed E-state index contributed by atoms with van der Waals surface area (Å²) in [5, 5.41) is 0. The molecular weight excluding hydrogens is 248 g/mol. The summed E-state index contributed by atoms with van der Waals surface area (Å²) in [6.07, 6.45) is 1.07. The summed E-state index contributed by atoms with van der Waals surface area (Å²) >= 11 is 0. The number of benzene rings is 1. The van der Waals surface area contributed by atoms with E-state index in [0.717, 1.165) is 24.3 Å². The van der Waals surface area contributed by atoms with Crippen molar-refractivity contribution in [2.45, 2.75) is 33.2 Å². The summed E-state index contributed by atoms with van der Waals surface area (Å²) in [4.78, 5) is 11.3. The minimum absolute atomic E-state index is 0.382. The SMILES string of the molecule is CCCN(c1cc(N)nc(-c2ccccc2)n1)C(C)C. The van der Waals surface area contributed by atoms with Crippen LogP contribution in [0.5, 0.6) is 0 Å². The first kappa shape index (κ1) is 14.3. The molecule has 2 rings (SSSR count). The summed E-state index contributed by atoms with van der Waals surface area (Å²) in [7, 11) is 0. The lowest BCUT2D eigenvalue weighted by molar-refractivity contribution is 0.662. The first-order valence-electron chi connectivity index (χ1n) is 7.08. The highest BCUT2D eigenvalue weighted by molar-refractivity contribution is 5.60. The largest absolute Gasteiger partial charge is 0.384 e. The number of nitrogens with zero attached hydrogens (tertiary/aromatic N) is 3. The average molecular weight is 270 g/mol. The molecule has 0 aliphatic heterocycles. The van der Waals surface area contributed by atoms with E-state index in [9.17, 15) is 0 Å². The lowest BCUT2D eigenvalue weighted by Gasteiger charge is -2.27. The fourth-order valence-electron chi connectivity index (χ4n) is 2.19. The van der Waals surface area contributed by atoms with Gasteiger partial charge in [-0.05, 0) is 20.3 Å². The van der Waals surface area contributed by atoms with E-state index in [1.54, 1.807) is 0 Å². The lowest BCUT2D eigenvalue weighted by atomic mass is 10.2. The average Bonchev–Trinajstić information content (AvgIpc) is 2.44. The van der Waals surface area contributed by atoms with Crippen molar-refractivity contribution in [2.24, 2.45) is 0 Å². The van der Waals surface area contributed by atoms with Gasteiger partial charge in [0.25, 0.3) is 0 Å². The molecule has 106 valence electrons. The second kappa shape index (κ2) is 6.37. The highest BCUT2D eigenvalue weighted by Gasteiger charge is 2.14. The fourth-order valence-corrected chi connectivity index (χ4v) is 2.19. The highest BCUT2D eigenvalue weighted by atomic mass is 15.2. The smallest absolute Gasteiger partial charge is 0.163 e. The van der Waals surface area contributed by atoms with Crippen LogP contribution in [0.2, 0.25) is 0 Å². The molecule has 0 radical (unpaired) electrons. The Kier molecular flexibility index (Phi) is 4.56. The molecule has 0 unspecified atom stereocenters. The van der Waals surface area contributed by atoms with Crippen LogP contribution < -0.4 is 10.6 Å². The number of anilines is 2. The van der Waals surface area contributed by atoms with Crippen LogP contribution >= 0.6 is 0 Å². The fraction of sp³-hybridized carbons (Fsp3) is 0.375. The van der Waals surface area contributed by atoms with Gasteiger partial charge in [-0.1, -0.05) is 37.3 Å². The molecule has 0 aliphatic carbocycles. The molecular formula is C16H22N4. The number of rotatable bonds is 5. The van der Waals surface area contributed by atoms with Gasteiger partial charge >= 0.3 is 0 Å². The van der Waals surface area contributed by atoms with Crippen molar-refractivity contribution in [3.8, 4) is 11.4 Å². The Morgan fingerprint density at radius 2 is 1.85 bits per heavy atom. The molecule has 1 heterocycles. The minimum Gasteiger partial charge on any atom is -0.384 e. The van der Waals surface area contributed by atoms with E-state index in [0.29, 0.717) is 17.7 Å². The van der Waals surface area contributed by atoms with Gasteiger partial charge in [0.1, 0.15) is 11.6 Å². The van der Waals surface area contributed by atoms with Crippen LogP contribution in [0, 0.1) is 0 Å². The number of nitrogen functional groups attached to an aromatic ring is 1. The molecule has 0 spiro atoms. The number of hydrogen-bond donors (Lipinski definition) is 1. The maximum absolute atomic E-state index is 5.95. The molecule has 0 saturated carbocycles. The zero-order valence-electron chi connectivity index (χ0n) is 12.4. The monoisotopic (exact) mass is 270 g/mol. The Labute approximate surface area is 120 Å². The summed E-state index contributed by atoms with van der Waals surface area (Å²) in [5.41, 5.74) is 6.94. The Morgan fingerprint density at radius 1 is 1.15 bits per heavy atom. The second-order valence-electron chi connectivity index (χ2n) is 5.13. The third kappa shape index (κ3) is 3.26. The van der Waals surface area contributed by atoms with Crippen LogP contribution in [-0.4, -0.2) is 22.6 Å². The van der Waals surface area contributed by atoms with Gasteiger partial charge in [-0.15, -0.1) is 0 Å². The quantitative estimate of drug-likeness (QED) is 0.905. The number of nitrogens with two attached hydrogens (primary N) is 1.